The van der Waals surface area contributed by atoms with Crippen molar-refractivity contribution in [3.63, 3.8) is 0 Å². The smallest absolute Gasteiger partial charge is 0.319 e. The van der Waals surface area contributed by atoms with Gasteiger partial charge in [-0.15, -0.1) is 0 Å². The number of likely N-dealkylation sites (N-methyl/N-ethyl adjacent to an activating group) is 1. The van der Waals surface area contributed by atoms with Crippen LogP contribution >= 0.6 is 0 Å². The van der Waals surface area contributed by atoms with E-state index in [9.17, 15) is 10.1 Å². The number of hydrogen-bond acceptors (Lipinski definition) is 7. The highest BCUT2D eigenvalue weighted by atomic mass is 19.1. The van der Waals surface area contributed by atoms with Crippen LogP contribution in [0.15, 0.2) is 43.0 Å². The summed E-state index contributed by atoms with van der Waals surface area (Å²) in [6.45, 7) is 6.35. The van der Waals surface area contributed by atoms with E-state index < -0.39 is 0 Å². The Bertz CT molecular complexity index is 1620. The maximum absolute atomic E-state index is 16.6. The Balaban J connectivity index is 1.30. The van der Waals surface area contributed by atoms with Gasteiger partial charge in [0.1, 0.15) is 17.9 Å². The molecule has 8 nitrogen and oxygen atoms in total. The molecule has 1 aromatic heterocycles. The number of ether oxygens (including phenoxy) is 1. The van der Waals surface area contributed by atoms with Crippen molar-refractivity contribution in [2.24, 2.45) is 5.92 Å². The number of fused-ring (bicyclic) bond motifs is 4. The van der Waals surface area contributed by atoms with Crippen molar-refractivity contribution < 1.29 is 13.9 Å². The van der Waals surface area contributed by atoms with Gasteiger partial charge in [-0.05, 0) is 79.9 Å². The molecule has 3 aromatic rings. The first-order valence-electron chi connectivity index (χ1n) is 15.0. The molecule has 3 heterocycles. The third-order valence-electron chi connectivity index (χ3n) is 9.67. The van der Waals surface area contributed by atoms with Crippen molar-refractivity contribution in [2.45, 2.75) is 50.1 Å². The minimum atomic E-state index is -0.370. The molecule has 0 spiro atoms. The molecule has 4 aliphatic rings. The number of likely N-dealkylation sites (tertiary alicyclic amines) is 1. The zero-order chi connectivity index (χ0) is 29.0. The van der Waals surface area contributed by atoms with Gasteiger partial charge in [0.2, 0.25) is 5.91 Å². The second-order valence-electron chi connectivity index (χ2n) is 12.1. The lowest BCUT2D eigenvalue weighted by Gasteiger charge is -2.41. The minimum Gasteiger partial charge on any atom is -0.462 e. The summed E-state index contributed by atoms with van der Waals surface area (Å²) in [6.07, 6.45) is 5.87. The third-order valence-corrected chi connectivity index (χ3v) is 9.67. The first-order valence-corrected chi connectivity index (χ1v) is 15.0. The molecule has 42 heavy (non-hydrogen) atoms. The van der Waals surface area contributed by atoms with Crippen LogP contribution in [0.25, 0.3) is 22.0 Å². The van der Waals surface area contributed by atoms with Gasteiger partial charge in [-0.25, -0.2) is 4.39 Å². The number of nitriles is 1. The molecule has 3 unspecified atom stereocenters. The van der Waals surface area contributed by atoms with Crippen molar-refractivity contribution in [1.29, 1.82) is 5.26 Å². The molecule has 3 fully saturated rings. The SMILES string of the molecule is C=CC(=O)N1CCN(c2nc(OCC3CCCN3C)nc3c(F)c(-c4cccc5c4C4CC4C5)ccc23)C[C@@H]1CC#N. The van der Waals surface area contributed by atoms with E-state index in [4.69, 9.17) is 9.72 Å². The summed E-state index contributed by atoms with van der Waals surface area (Å²) in [5.74, 6) is 1.22. The van der Waals surface area contributed by atoms with Crippen molar-refractivity contribution >= 4 is 22.6 Å². The fourth-order valence-corrected chi connectivity index (χ4v) is 7.31. The lowest BCUT2D eigenvalue weighted by molar-refractivity contribution is -0.128. The fraction of sp³-hybridized carbons (Fsp3) is 0.455. The number of piperazine rings is 1. The number of nitrogens with zero attached hydrogens (tertiary/aromatic N) is 6. The van der Waals surface area contributed by atoms with Crippen LogP contribution in [0.5, 0.6) is 6.01 Å². The lowest BCUT2D eigenvalue weighted by atomic mass is 9.93. The van der Waals surface area contributed by atoms with Gasteiger partial charge in [-0.3, -0.25) is 4.79 Å². The summed E-state index contributed by atoms with van der Waals surface area (Å²) < 4.78 is 22.8. The predicted molar refractivity (Wildman–Crippen MR) is 159 cm³/mol. The summed E-state index contributed by atoms with van der Waals surface area (Å²) >= 11 is 0. The molecule has 7 rings (SSSR count). The number of aromatic nitrogens is 2. The van der Waals surface area contributed by atoms with Crippen LogP contribution in [0.1, 0.15) is 42.7 Å². The number of rotatable bonds is 7. The molecule has 9 heteroatoms. The Hall–Kier alpha value is -4.03. The number of carbonyl (C=O) groups is 1. The van der Waals surface area contributed by atoms with E-state index in [0.717, 1.165) is 31.4 Å². The Kier molecular flexibility index (Phi) is 6.82. The van der Waals surface area contributed by atoms with Gasteiger partial charge in [0.25, 0.3) is 0 Å². The monoisotopic (exact) mass is 566 g/mol. The van der Waals surface area contributed by atoms with E-state index >= 15 is 4.39 Å². The lowest BCUT2D eigenvalue weighted by Crippen LogP contribution is -2.55. The van der Waals surface area contributed by atoms with E-state index in [-0.39, 0.29) is 41.8 Å². The number of halogens is 1. The van der Waals surface area contributed by atoms with Crippen molar-refractivity contribution in [3.8, 4) is 23.2 Å². The standard InChI is InChI=1S/C33H35FN6O2/c1-3-28(41)40-15-14-39(18-22(40)11-12-35)32-26-10-9-25(24-8-4-6-20-16-21-17-27(21)29(20)24)30(34)31(26)36-33(37-32)42-19-23-7-5-13-38(23)2/h3-4,6,8-10,21-23,27H,1,5,7,11,13-19H2,2H3/t21?,22-,23?,27?/m0/s1. The number of hydrogen-bond donors (Lipinski definition) is 0. The van der Waals surface area contributed by atoms with Crippen LogP contribution in [0, 0.1) is 23.1 Å². The van der Waals surface area contributed by atoms with Crippen molar-refractivity contribution in [1.82, 2.24) is 19.8 Å². The number of amides is 1. The van der Waals surface area contributed by atoms with E-state index in [0.29, 0.717) is 54.8 Å². The van der Waals surface area contributed by atoms with Gasteiger partial charge in [0.05, 0.1) is 18.5 Å². The Morgan fingerprint density at radius 3 is 2.86 bits per heavy atom. The number of carbonyl (C=O) groups excluding carboxylic acids is 1. The predicted octanol–water partition coefficient (Wildman–Crippen LogP) is 4.69. The van der Waals surface area contributed by atoms with Gasteiger partial charge in [0.15, 0.2) is 5.82 Å². The first-order chi connectivity index (χ1) is 20.5. The van der Waals surface area contributed by atoms with E-state index in [1.165, 1.54) is 23.6 Å². The molecule has 0 N–H and O–H groups in total. The topological polar surface area (TPSA) is 85.6 Å². The largest absolute Gasteiger partial charge is 0.462 e. The maximum atomic E-state index is 16.6. The van der Waals surface area contributed by atoms with Gasteiger partial charge < -0.3 is 19.4 Å². The summed E-state index contributed by atoms with van der Waals surface area (Å²) in [4.78, 5) is 28.0. The molecule has 2 aliphatic carbocycles. The molecule has 0 radical (unpaired) electrons. The zero-order valence-electron chi connectivity index (χ0n) is 23.9. The van der Waals surface area contributed by atoms with Gasteiger partial charge in [-0.2, -0.15) is 15.2 Å². The highest BCUT2D eigenvalue weighted by Crippen LogP contribution is 2.58. The first kappa shape index (κ1) is 26.8. The summed E-state index contributed by atoms with van der Waals surface area (Å²) in [6, 6.07) is 12.3. The Labute approximate surface area is 245 Å². The van der Waals surface area contributed by atoms with Crippen LogP contribution in [-0.4, -0.2) is 77.6 Å². The second-order valence-corrected chi connectivity index (χ2v) is 12.1. The third kappa shape index (κ3) is 4.58. The number of benzene rings is 2. The molecule has 216 valence electrons. The molecular weight excluding hydrogens is 531 g/mol. The minimum absolute atomic E-state index is 0.149. The summed E-state index contributed by atoms with van der Waals surface area (Å²) in [5, 5.41) is 10.1. The van der Waals surface area contributed by atoms with E-state index in [1.807, 2.05) is 29.2 Å². The van der Waals surface area contributed by atoms with Gasteiger partial charge in [0, 0.05) is 36.6 Å². The van der Waals surface area contributed by atoms with Crippen molar-refractivity contribution in [3.05, 3.63) is 59.9 Å². The normalized spacial score (nSPS) is 24.8. The molecule has 2 saturated heterocycles. The molecule has 2 aliphatic heterocycles. The van der Waals surface area contributed by atoms with E-state index in [1.54, 1.807) is 4.90 Å². The quantitative estimate of drug-likeness (QED) is 0.384. The van der Waals surface area contributed by atoms with Crippen LogP contribution in [-0.2, 0) is 11.2 Å². The molecular formula is C33H35FN6O2. The Morgan fingerprint density at radius 2 is 2.07 bits per heavy atom. The zero-order valence-corrected chi connectivity index (χ0v) is 23.9. The molecule has 2 aromatic carbocycles. The van der Waals surface area contributed by atoms with E-state index in [2.05, 4.69) is 35.6 Å². The van der Waals surface area contributed by atoms with Crippen LogP contribution in [0.3, 0.4) is 0 Å². The molecule has 0 bridgehead atoms. The fourth-order valence-electron chi connectivity index (χ4n) is 7.31. The van der Waals surface area contributed by atoms with Crippen LogP contribution < -0.4 is 9.64 Å². The summed E-state index contributed by atoms with van der Waals surface area (Å²) in [7, 11) is 2.09. The van der Waals surface area contributed by atoms with Gasteiger partial charge in [-0.1, -0.05) is 30.8 Å². The second kappa shape index (κ2) is 10.7. The Morgan fingerprint density at radius 1 is 1.19 bits per heavy atom. The highest BCUT2D eigenvalue weighted by molar-refractivity contribution is 5.94. The highest BCUT2D eigenvalue weighted by Gasteiger charge is 2.46. The summed E-state index contributed by atoms with van der Waals surface area (Å²) in [5.41, 5.74) is 4.37. The average molecular weight is 567 g/mol. The molecule has 1 saturated carbocycles. The van der Waals surface area contributed by atoms with Crippen LogP contribution in [0.4, 0.5) is 10.2 Å². The maximum Gasteiger partial charge on any atom is 0.319 e. The van der Waals surface area contributed by atoms with Gasteiger partial charge >= 0.3 is 6.01 Å². The molecule has 4 atom stereocenters. The molecule has 1 amide bonds. The van der Waals surface area contributed by atoms with Crippen molar-refractivity contribution in [2.75, 3.05) is 44.7 Å². The average Bonchev–Trinajstić information content (AvgIpc) is 3.48. The van der Waals surface area contributed by atoms with Crippen LogP contribution in [0.2, 0.25) is 0 Å². The number of anilines is 1.